The lowest BCUT2D eigenvalue weighted by molar-refractivity contribution is -0.119. The molecule has 1 aliphatic carbocycles. The lowest BCUT2D eigenvalue weighted by atomic mass is 9.66. The van der Waals surface area contributed by atoms with Gasteiger partial charge < -0.3 is 16.4 Å². The Kier molecular flexibility index (Phi) is 4.63. The van der Waals surface area contributed by atoms with Gasteiger partial charge in [-0.3, -0.25) is 9.59 Å². The number of aryl methyl sites for hydroxylation is 1. The Balaban J connectivity index is 1.98. The summed E-state index contributed by atoms with van der Waals surface area (Å²) in [7, 11) is 0. The minimum absolute atomic E-state index is 0.00632. The van der Waals surface area contributed by atoms with Crippen LogP contribution in [0.2, 0.25) is 0 Å². The van der Waals surface area contributed by atoms with E-state index in [0.717, 1.165) is 36.2 Å². The molecule has 2 rings (SSSR count). The average molecular weight is 289 g/mol. The van der Waals surface area contributed by atoms with Crippen LogP contribution < -0.4 is 16.4 Å². The highest BCUT2D eigenvalue weighted by Crippen LogP contribution is 2.43. The number of nitrogens with one attached hydrogen (secondary N) is 2. The summed E-state index contributed by atoms with van der Waals surface area (Å²) in [6, 6.07) is 5.46. The van der Waals surface area contributed by atoms with Crippen molar-refractivity contribution in [1.82, 2.24) is 0 Å². The zero-order valence-electron chi connectivity index (χ0n) is 12.7. The molecule has 5 nitrogen and oxygen atoms in total. The number of carbonyl (C=O) groups excluding carboxylic acids is 2. The molecule has 2 amide bonds. The first-order valence-corrected chi connectivity index (χ1v) is 7.32. The third-order valence-electron chi connectivity index (χ3n) is 4.20. The maximum Gasteiger partial charge on any atom is 0.224 e. The van der Waals surface area contributed by atoms with Gasteiger partial charge in [-0.15, -0.1) is 0 Å². The van der Waals surface area contributed by atoms with Gasteiger partial charge in [-0.1, -0.05) is 6.42 Å². The first kappa shape index (κ1) is 15.5. The van der Waals surface area contributed by atoms with Crippen molar-refractivity contribution in [1.29, 1.82) is 0 Å². The van der Waals surface area contributed by atoms with Crippen molar-refractivity contribution in [2.75, 3.05) is 17.2 Å². The van der Waals surface area contributed by atoms with Crippen LogP contribution in [0.5, 0.6) is 0 Å². The van der Waals surface area contributed by atoms with Crippen molar-refractivity contribution < 1.29 is 9.59 Å². The smallest absolute Gasteiger partial charge is 0.224 e. The SMILES string of the molecule is CC(=O)Nc1ccc(NC(=O)CC2(CN)CCC2)cc1C. The fourth-order valence-corrected chi connectivity index (χ4v) is 2.75. The van der Waals surface area contributed by atoms with E-state index in [2.05, 4.69) is 10.6 Å². The molecule has 114 valence electrons. The maximum absolute atomic E-state index is 12.1. The normalized spacial score (nSPS) is 16.0. The van der Waals surface area contributed by atoms with E-state index >= 15 is 0 Å². The van der Waals surface area contributed by atoms with Crippen molar-refractivity contribution >= 4 is 23.2 Å². The molecule has 1 aliphatic rings. The molecule has 5 heteroatoms. The van der Waals surface area contributed by atoms with Crippen molar-refractivity contribution in [3.8, 4) is 0 Å². The summed E-state index contributed by atoms with van der Waals surface area (Å²) in [5.41, 5.74) is 8.22. The molecule has 0 heterocycles. The number of carbonyl (C=O) groups is 2. The number of rotatable bonds is 5. The Morgan fingerprint density at radius 2 is 2.00 bits per heavy atom. The van der Waals surface area contributed by atoms with Gasteiger partial charge in [0.2, 0.25) is 11.8 Å². The van der Waals surface area contributed by atoms with Crippen LogP contribution in [0.15, 0.2) is 18.2 Å². The first-order chi connectivity index (χ1) is 9.94. The van der Waals surface area contributed by atoms with Gasteiger partial charge in [0, 0.05) is 24.7 Å². The van der Waals surface area contributed by atoms with Crippen molar-refractivity contribution in [3.63, 3.8) is 0 Å². The van der Waals surface area contributed by atoms with E-state index in [0.29, 0.717) is 13.0 Å². The largest absolute Gasteiger partial charge is 0.330 e. The molecule has 1 saturated carbocycles. The number of amides is 2. The molecule has 0 spiro atoms. The zero-order chi connectivity index (χ0) is 15.5. The van der Waals surface area contributed by atoms with Crippen molar-refractivity contribution in [2.24, 2.45) is 11.1 Å². The van der Waals surface area contributed by atoms with Gasteiger partial charge in [-0.25, -0.2) is 0 Å². The Morgan fingerprint density at radius 3 is 2.48 bits per heavy atom. The van der Waals surface area contributed by atoms with Gasteiger partial charge in [0.25, 0.3) is 0 Å². The summed E-state index contributed by atoms with van der Waals surface area (Å²) in [6.07, 6.45) is 3.72. The summed E-state index contributed by atoms with van der Waals surface area (Å²) in [4.78, 5) is 23.2. The summed E-state index contributed by atoms with van der Waals surface area (Å²) in [6.45, 7) is 3.94. The fourth-order valence-electron chi connectivity index (χ4n) is 2.75. The molecule has 0 radical (unpaired) electrons. The highest BCUT2D eigenvalue weighted by atomic mass is 16.2. The second-order valence-electron chi connectivity index (χ2n) is 5.99. The molecule has 1 fully saturated rings. The molecule has 0 aromatic heterocycles. The van der Waals surface area contributed by atoms with Crippen molar-refractivity contribution in [2.45, 2.75) is 39.5 Å². The monoisotopic (exact) mass is 289 g/mol. The molecule has 0 saturated heterocycles. The zero-order valence-corrected chi connectivity index (χ0v) is 12.7. The number of hydrogen-bond donors (Lipinski definition) is 3. The Bertz CT molecular complexity index is 545. The number of nitrogens with two attached hydrogens (primary N) is 1. The second-order valence-corrected chi connectivity index (χ2v) is 5.99. The van der Waals surface area contributed by atoms with E-state index in [1.54, 1.807) is 12.1 Å². The third-order valence-corrected chi connectivity index (χ3v) is 4.20. The van der Waals surface area contributed by atoms with E-state index in [1.807, 2.05) is 13.0 Å². The van der Waals surface area contributed by atoms with E-state index in [1.165, 1.54) is 6.92 Å². The molecule has 0 unspecified atom stereocenters. The predicted molar refractivity (Wildman–Crippen MR) is 84.1 cm³/mol. The Labute approximate surface area is 125 Å². The fraction of sp³-hybridized carbons (Fsp3) is 0.500. The van der Waals surface area contributed by atoms with Crippen LogP contribution in [0.4, 0.5) is 11.4 Å². The third kappa shape index (κ3) is 3.82. The molecular weight excluding hydrogens is 266 g/mol. The van der Waals surface area contributed by atoms with E-state index in [4.69, 9.17) is 5.73 Å². The standard InChI is InChI=1S/C16H23N3O2/c1-11-8-13(4-5-14(11)18-12(2)20)19-15(21)9-16(10-17)6-3-7-16/h4-5,8H,3,6-7,9-10,17H2,1-2H3,(H,18,20)(H,19,21). The van der Waals surface area contributed by atoms with Crippen LogP contribution in [0.1, 0.15) is 38.2 Å². The first-order valence-electron chi connectivity index (χ1n) is 7.32. The van der Waals surface area contributed by atoms with Crippen LogP contribution in [-0.2, 0) is 9.59 Å². The molecule has 1 aromatic carbocycles. The van der Waals surface area contributed by atoms with Crippen LogP contribution in [0.3, 0.4) is 0 Å². The van der Waals surface area contributed by atoms with Gasteiger partial charge in [-0.2, -0.15) is 0 Å². The molecule has 21 heavy (non-hydrogen) atoms. The van der Waals surface area contributed by atoms with Crippen molar-refractivity contribution in [3.05, 3.63) is 23.8 Å². The summed E-state index contributed by atoms with van der Waals surface area (Å²) in [5.74, 6) is -0.100. The van der Waals surface area contributed by atoms with Gasteiger partial charge in [0.05, 0.1) is 0 Å². The maximum atomic E-state index is 12.1. The van der Waals surface area contributed by atoms with Crippen LogP contribution in [-0.4, -0.2) is 18.4 Å². The van der Waals surface area contributed by atoms with E-state index in [9.17, 15) is 9.59 Å². The lowest BCUT2D eigenvalue weighted by Gasteiger charge is -2.40. The highest BCUT2D eigenvalue weighted by Gasteiger charge is 2.37. The average Bonchev–Trinajstić information content (AvgIpc) is 2.37. The predicted octanol–water partition coefficient (Wildman–Crippen LogP) is 2.41. The molecule has 0 atom stereocenters. The topological polar surface area (TPSA) is 84.2 Å². The molecule has 0 aliphatic heterocycles. The molecule has 4 N–H and O–H groups in total. The molecule has 0 bridgehead atoms. The summed E-state index contributed by atoms with van der Waals surface area (Å²) in [5, 5.41) is 5.67. The number of hydrogen-bond acceptors (Lipinski definition) is 3. The summed E-state index contributed by atoms with van der Waals surface area (Å²) >= 11 is 0. The Hall–Kier alpha value is -1.88. The van der Waals surface area contributed by atoms with Gasteiger partial charge in [0.15, 0.2) is 0 Å². The van der Waals surface area contributed by atoms with Gasteiger partial charge >= 0.3 is 0 Å². The number of benzene rings is 1. The van der Waals surface area contributed by atoms with Gasteiger partial charge in [-0.05, 0) is 55.5 Å². The van der Waals surface area contributed by atoms with Gasteiger partial charge in [0.1, 0.15) is 0 Å². The highest BCUT2D eigenvalue weighted by molar-refractivity contribution is 5.93. The van der Waals surface area contributed by atoms with E-state index < -0.39 is 0 Å². The van der Waals surface area contributed by atoms with Crippen LogP contribution in [0.25, 0.3) is 0 Å². The van der Waals surface area contributed by atoms with Crippen LogP contribution in [0, 0.1) is 12.3 Å². The molecular formula is C16H23N3O2. The molecule has 1 aromatic rings. The minimum Gasteiger partial charge on any atom is -0.330 e. The van der Waals surface area contributed by atoms with E-state index in [-0.39, 0.29) is 17.2 Å². The summed E-state index contributed by atoms with van der Waals surface area (Å²) < 4.78 is 0. The quantitative estimate of drug-likeness (QED) is 0.778. The second kappa shape index (κ2) is 6.26. The number of anilines is 2. The lowest BCUT2D eigenvalue weighted by Crippen LogP contribution is -2.40. The van der Waals surface area contributed by atoms with Crippen LogP contribution >= 0.6 is 0 Å². The Morgan fingerprint density at radius 1 is 1.29 bits per heavy atom. The minimum atomic E-state index is -0.107.